The number of hydrogen-bond donors (Lipinski definition) is 1. The van der Waals surface area contributed by atoms with Crippen LogP contribution in [0.5, 0.6) is 0 Å². The van der Waals surface area contributed by atoms with Crippen molar-refractivity contribution in [1.29, 1.82) is 0 Å². The van der Waals surface area contributed by atoms with E-state index in [0.717, 1.165) is 19.5 Å². The van der Waals surface area contributed by atoms with Crippen LogP contribution in [0.2, 0.25) is 0 Å². The van der Waals surface area contributed by atoms with Gasteiger partial charge < -0.3 is 14.8 Å². The van der Waals surface area contributed by atoms with Gasteiger partial charge in [-0.2, -0.15) is 0 Å². The maximum absolute atomic E-state index is 11.6. The van der Waals surface area contributed by atoms with Crippen LogP contribution in [0.4, 0.5) is 0 Å². The number of nitrogens with one attached hydrogen (secondary N) is 1. The van der Waals surface area contributed by atoms with E-state index in [0.29, 0.717) is 12.5 Å². The third kappa shape index (κ3) is 3.63. The maximum atomic E-state index is 11.6. The van der Waals surface area contributed by atoms with Gasteiger partial charge in [0.25, 0.3) is 0 Å². The molecule has 1 aromatic heterocycles. The van der Waals surface area contributed by atoms with Gasteiger partial charge in [0.15, 0.2) is 0 Å². The average Bonchev–Trinajstić information content (AvgIpc) is 2.82. The zero-order valence-electron chi connectivity index (χ0n) is 13.0. The summed E-state index contributed by atoms with van der Waals surface area (Å²) in [6.45, 7) is 4.12. The minimum absolute atomic E-state index is 0.215. The zero-order valence-corrected chi connectivity index (χ0v) is 13.0. The molecule has 4 heteroatoms. The lowest BCUT2D eigenvalue weighted by Crippen LogP contribution is -2.23. The van der Waals surface area contributed by atoms with E-state index in [1.54, 1.807) is 4.90 Å². The number of carbonyl (C=O) groups is 1. The number of nitrogens with zero attached hydrogens (tertiary/aromatic N) is 2. The van der Waals surface area contributed by atoms with Crippen LogP contribution in [-0.2, 0) is 17.8 Å². The first-order chi connectivity index (χ1) is 9.61. The van der Waals surface area contributed by atoms with Gasteiger partial charge in [-0.05, 0) is 43.4 Å². The van der Waals surface area contributed by atoms with E-state index >= 15 is 0 Å². The van der Waals surface area contributed by atoms with E-state index in [-0.39, 0.29) is 5.91 Å². The molecule has 0 radical (unpaired) electrons. The standard InChI is InChI=1S/C16H27N3O/c1-4-17-15-8-5-7-13-11-19(12-14(13)15)10-6-9-16(20)18(2)3/h11-12,15,17H,4-10H2,1-3H3. The lowest BCUT2D eigenvalue weighted by atomic mass is 9.91. The van der Waals surface area contributed by atoms with Crippen molar-refractivity contribution in [2.75, 3.05) is 20.6 Å². The Labute approximate surface area is 122 Å². The molecule has 1 aromatic rings. The first kappa shape index (κ1) is 15.1. The molecular weight excluding hydrogens is 250 g/mol. The molecular formula is C16H27N3O. The Hall–Kier alpha value is -1.29. The summed E-state index contributed by atoms with van der Waals surface area (Å²) >= 11 is 0. The number of aromatic nitrogens is 1. The second-order valence-electron chi connectivity index (χ2n) is 5.87. The van der Waals surface area contributed by atoms with Crippen molar-refractivity contribution in [1.82, 2.24) is 14.8 Å². The van der Waals surface area contributed by atoms with Gasteiger partial charge in [0.2, 0.25) is 5.91 Å². The highest BCUT2D eigenvalue weighted by Crippen LogP contribution is 2.30. The Bertz CT molecular complexity index is 451. The van der Waals surface area contributed by atoms with Crippen LogP contribution in [0, 0.1) is 0 Å². The quantitative estimate of drug-likeness (QED) is 0.866. The minimum Gasteiger partial charge on any atom is -0.354 e. The number of amides is 1. The number of aryl methyl sites for hydroxylation is 2. The lowest BCUT2D eigenvalue weighted by Gasteiger charge is -2.22. The van der Waals surface area contributed by atoms with Gasteiger partial charge in [-0.1, -0.05) is 6.92 Å². The van der Waals surface area contributed by atoms with E-state index in [4.69, 9.17) is 0 Å². The fraction of sp³-hybridized carbons (Fsp3) is 0.688. The van der Waals surface area contributed by atoms with Gasteiger partial charge in [0.05, 0.1) is 0 Å². The largest absolute Gasteiger partial charge is 0.354 e. The molecule has 2 rings (SSSR count). The van der Waals surface area contributed by atoms with Gasteiger partial charge in [-0.15, -0.1) is 0 Å². The summed E-state index contributed by atoms with van der Waals surface area (Å²) < 4.78 is 2.27. The van der Waals surface area contributed by atoms with E-state index in [1.807, 2.05) is 14.1 Å². The molecule has 0 aliphatic heterocycles. The predicted octanol–water partition coefficient (Wildman–Crippen LogP) is 2.34. The Morgan fingerprint density at radius 2 is 2.25 bits per heavy atom. The smallest absolute Gasteiger partial charge is 0.222 e. The predicted molar refractivity (Wildman–Crippen MR) is 81.7 cm³/mol. The summed E-state index contributed by atoms with van der Waals surface area (Å²) in [5.74, 6) is 0.215. The Kier molecular flexibility index (Phi) is 5.24. The van der Waals surface area contributed by atoms with E-state index in [1.165, 1.54) is 30.4 Å². The van der Waals surface area contributed by atoms with Crippen LogP contribution in [-0.4, -0.2) is 36.0 Å². The third-order valence-corrected chi connectivity index (χ3v) is 4.07. The van der Waals surface area contributed by atoms with Crippen molar-refractivity contribution in [3.8, 4) is 0 Å². The molecule has 1 heterocycles. The summed E-state index contributed by atoms with van der Waals surface area (Å²) in [5, 5.41) is 3.57. The first-order valence-corrected chi connectivity index (χ1v) is 7.74. The minimum atomic E-state index is 0.215. The molecule has 4 nitrogen and oxygen atoms in total. The van der Waals surface area contributed by atoms with Gasteiger partial charge in [0, 0.05) is 45.5 Å². The van der Waals surface area contributed by atoms with Gasteiger partial charge >= 0.3 is 0 Å². The summed E-state index contributed by atoms with van der Waals surface area (Å²) in [5.41, 5.74) is 2.96. The second kappa shape index (κ2) is 6.93. The number of rotatable bonds is 6. The molecule has 0 bridgehead atoms. The summed E-state index contributed by atoms with van der Waals surface area (Å²) in [6.07, 6.45) is 9.81. The molecule has 112 valence electrons. The molecule has 1 unspecified atom stereocenters. The van der Waals surface area contributed by atoms with Gasteiger partial charge in [0.1, 0.15) is 0 Å². The molecule has 0 saturated heterocycles. The molecule has 1 aliphatic carbocycles. The fourth-order valence-electron chi connectivity index (χ4n) is 2.97. The summed E-state index contributed by atoms with van der Waals surface area (Å²) in [7, 11) is 3.63. The van der Waals surface area contributed by atoms with Crippen molar-refractivity contribution in [2.24, 2.45) is 0 Å². The highest BCUT2D eigenvalue weighted by atomic mass is 16.2. The molecule has 1 amide bonds. The Balaban J connectivity index is 1.92. The van der Waals surface area contributed by atoms with E-state index < -0.39 is 0 Å². The van der Waals surface area contributed by atoms with Crippen molar-refractivity contribution in [3.05, 3.63) is 23.5 Å². The van der Waals surface area contributed by atoms with E-state index in [2.05, 4.69) is 29.2 Å². The maximum Gasteiger partial charge on any atom is 0.222 e. The topological polar surface area (TPSA) is 37.3 Å². The number of fused-ring (bicyclic) bond motifs is 1. The van der Waals surface area contributed by atoms with Crippen LogP contribution < -0.4 is 5.32 Å². The van der Waals surface area contributed by atoms with Crippen LogP contribution in [0.15, 0.2) is 12.4 Å². The first-order valence-electron chi connectivity index (χ1n) is 7.74. The molecule has 1 atom stereocenters. The SMILES string of the molecule is CCNC1CCCc2cn(CCCC(=O)N(C)C)cc21. The van der Waals surface area contributed by atoms with Crippen molar-refractivity contribution < 1.29 is 4.79 Å². The average molecular weight is 277 g/mol. The molecule has 0 spiro atoms. The molecule has 0 saturated carbocycles. The van der Waals surface area contributed by atoms with E-state index in [9.17, 15) is 4.79 Å². The molecule has 1 aliphatic rings. The Morgan fingerprint density at radius 3 is 2.95 bits per heavy atom. The van der Waals surface area contributed by atoms with Crippen LogP contribution in [0.25, 0.3) is 0 Å². The number of hydrogen-bond acceptors (Lipinski definition) is 2. The molecule has 0 fully saturated rings. The van der Waals surface area contributed by atoms with Gasteiger partial charge in [-0.3, -0.25) is 4.79 Å². The highest BCUT2D eigenvalue weighted by Gasteiger charge is 2.21. The monoisotopic (exact) mass is 277 g/mol. The fourth-order valence-corrected chi connectivity index (χ4v) is 2.97. The van der Waals surface area contributed by atoms with Crippen molar-refractivity contribution in [3.63, 3.8) is 0 Å². The van der Waals surface area contributed by atoms with Gasteiger partial charge in [-0.25, -0.2) is 0 Å². The lowest BCUT2D eigenvalue weighted by molar-refractivity contribution is -0.128. The molecule has 0 aromatic carbocycles. The second-order valence-corrected chi connectivity index (χ2v) is 5.87. The van der Waals surface area contributed by atoms with Crippen LogP contribution >= 0.6 is 0 Å². The van der Waals surface area contributed by atoms with Crippen molar-refractivity contribution in [2.45, 2.75) is 51.6 Å². The number of carbonyl (C=O) groups excluding carboxylic acids is 1. The zero-order chi connectivity index (χ0) is 14.5. The molecule has 1 N–H and O–H groups in total. The normalized spacial score (nSPS) is 17.9. The third-order valence-electron chi connectivity index (χ3n) is 4.07. The summed E-state index contributed by atoms with van der Waals surface area (Å²) in [4.78, 5) is 13.2. The van der Waals surface area contributed by atoms with Crippen LogP contribution in [0.1, 0.15) is 49.8 Å². The van der Waals surface area contributed by atoms with Crippen LogP contribution in [0.3, 0.4) is 0 Å². The highest BCUT2D eigenvalue weighted by molar-refractivity contribution is 5.75. The molecule has 20 heavy (non-hydrogen) atoms. The summed E-state index contributed by atoms with van der Waals surface area (Å²) in [6, 6.07) is 0.522. The van der Waals surface area contributed by atoms with Crippen molar-refractivity contribution >= 4 is 5.91 Å². The Morgan fingerprint density at radius 1 is 1.45 bits per heavy atom.